The molecule has 0 unspecified atom stereocenters. The van der Waals surface area contributed by atoms with Crippen LogP contribution in [0.15, 0.2) is 18.2 Å². The Morgan fingerprint density at radius 1 is 0.551 bits per heavy atom. The Balaban J connectivity index is 2.34. The molecule has 1 aliphatic rings. The maximum Gasteiger partial charge on any atom is 0.471 e. The molecule has 7 N–H and O–H groups in total. The van der Waals surface area contributed by atoms with E-state index in [1.165, 1.54) is 108 Å². The fraction of sp³-hybridized carbons (Fsp3) is 0.721. The smallest absolute Gasteiger partial charge is 0.390 e. The molecule has 12 atom stereocenters. The molecular weight excluding hydrogens is 1280 g/mol. The number of aliphatic hydroxyl groups excluding tert-OH is 1. The Labute approximate surface area is 575 Å². The SMILES string of the molecule is CC[C@@H]1NC(=O)[C@H]([C@H](O)[C@H](C)Cc2nc3ccc(NC(=O)C(F)(F)F)cc3[nH]2)N(C)C(=O)[C@H](C(C)C)N(C)C(=O)[C@H](CC(C)C)N(C)C(=O)[C@H](CC(C)C)N(C)C(=O)[C@@H](C)NC(=O)[C@H](C)NC(=O)[C@H](CC(C)C)N(C)C(=O)[C@H](C(C)C)NC(=O)[C@H](CC(C)C)N(C)C(=O)CN(C)C1=O. The number of fused-ring (bicyclic) bond motifs is 1. The number of carbonyl (C=O) groups excluding carboxylic acids is 12. The van der Waals surface area contributed by atoms with Crippen molar-refractivity contribution in [3.8, 4) is 0 Å². The van der Waals surface area contributed by atoms with Crippen LogP contribution in [0, 0.1) is 41.4 Å². The molecule has 552 valence electrons. The molecule has 12 amide bonds. The van der Waals surface area contributed by atoms with Crippen molar-refractivity contribution in [3.05, 3.63) is 24.0 Å². The summed E-state index contributed by atoms with van der Waals surface area (Å²) in [6.07, 6.45) is -6.87. The minimum absolute atomic E-state index is 0.0610. The zero-order valence-electron chi connectivity index (χ0n) is 61.6. The Hall–Kier alpha value is -7.92. The van der Waals surface area contributed by atoms with Crippen LogP contribution >= 0.6 is 0 Å². The summed E-state index contributed by atoms with van der Waals surface area (Å²) in [6, 6.07) is -9.54. The van der Waals surface area contributed by atoms with Crippen LogP contribution < -0.4 is 26.6 Å². The molecule has 0 spiro atoms. The van der Waals surface area contributed by atoms with Gasteiger partial charge in [0.05, 0.1) is 23.7 Å². The van der Waals surface area contributed by atoms with Gasteiger partial charge in [-0.25, -0.2) is 4.98 Å². The van der Waals surface area contributed by atoms with Gasteiger partial charge in [-0.2, -0.15) is 13.2 Å². The van der Waals surface area contributed by atoms with Gasteiger partial charge < -0.3 is 71.0 Å². The summed E-state index contributed by atoms with van der Waals surface area (Å²) >= 11 is 0. The number of alkyl halides is 3. The summed E-state index contributed by atoms with van der Waals surface area (Å²) in [6.45, 7) is 26.6. The van der Waals surface area contributed by atoms with Gasteiger partial charge in [-0.3, -0.25) is 57.5 Å². The first kappa shape index (κ1) is 84.3. The number of halogens is 3. The Bertz CT molecular complexity index is 3160. The van der Waals surface area contributed by atoms with Gasteiger partial charge in [0.2, 0.25) is 65.0 Å². The maximum absolute atomic E-state index is 15.5. The Kier molecular flexibility index (Phi) is 31.2. The third-order valence-corrected chi connectivity index (χ3v) is 17.9. The first-order chi connectivity index (χ1) is 45.2. The maximum atomic E-state index is 15.5. The fourth-order valence-corrected chi connectivity index (χ4v) is 12.1. The first-order valence-electron chi connectivity index (χ1n) is 33.8. The third-order valence-electron chi connectivity index (χ3n) is 17.9. The topological polar surface area (TPSA) is 337 Å². The van der Waals surface area contributed by atoms with Crippen LogP contribution in [0.5, 0.6) is 0 Å². The van der Waals surface area contributed by atoms with E-state index in [0.717, 1.165) is 14.7 Å². The number of rotatable bonds is 16. The number of hydrogen-bond donors (Lipinski definition) is 7. The van der Waals surface area contributed by atoms with Gasteiger partial charge in [-0.1, -0.05) is 96.9 Å². The summed E-state index contributed by atoms with van der Waals surface area (Å²) < 4.78 is 39.5. The van der Waals surface area contributed by atoms with E-state index in [9.17, 15) is 56.6 Å². The van der Waals surface area contributed by atoms with E-state index in [-0.39, 0.29) is 84.7 Å². The Morgan fingerprint density at radius 2 is 1.01 bits per heavy atom. The minimum atomic E-state index is -5.18. The van der Waals surface area contributed by atoms with Crippen LogP contribution in [0.4, 0.5) is 18.9 Å². The molecule has 0 bridgehead atoms. The number of nitrogens with zero attached hydrogens (tertiary/aromatic N) is 8. The van der Waals surface area contributed by atoms with Crippen LogP contribution in [0.2, 0.25) is 0 Å². The number of likely N-dealkylation sites (N-methyl/N-ethyl adjacent to an activating group) is 7. The summed E-state index contributed by atoms with van der Waals surface area (Å²) in [5.74, 6) is -13.4. The van der Waals surface area contributed by atoms with Crippen molar-refractivity contribution in [1.29, 1.82) is 0 Å². The lowest BCUT2D eigenvalue weighted by Gasteiger charge is -2.41. The number of benzene rings is 1. The molecule has 0 saturated carbocycles. The molecule has 98 heavy (non-hydrogen) atoms. The summed E-state index contributed by atoms with van der Waals surface area (Å²) in [7, 11) is 9.49. The number of hydrogen-bond acceptors (Lipinski definition) is 14. The van der Waals surface area contributed by atoms with Crippen molar-refractivity contribution >= 4 is 87.6 Å². The number of carbonyl (C=O) groups is 12. The second-order valence-electron chi connectivity index (χ2n) is 28.9. The van der Waals surface area contributed by atoms with Crippen molar-refractivity contribution in [3.63, 3.8) is 0 Å². The number of aliphatic hydroxyl groups is 1. The van der Waals surface area contributed by atoms with Gasteiger partial charge in [0.1, 0.15) is 66.2 Å². The lowest BCUT2D eigenvalue weighted by molar-refractivity contribution is -0.167. The second-order valence-corrected chi connectivity index (χ2v) is 28.9. The van der Waals surface area contributed by atoms with Crippen molar-refractivity contribution in [2.24, 2.45) is 41.4 Å². The van der Waals surface area contributed by atoms with Crippen LogP contribution in [-0.4, -0.2) is 249 Å². The molecule has 2 heterocycles. The van der Waals surface area contributed by atoms with Gasteiger partial charge in [-0.05, 0) is 106 Å². The summed E-state index contributed by atoms with van der Waals surface area (Å²) in [5, 5.41) is 25.2. The molecule has 2 aromatic rings. The quantitative estimate of drug-likeness (QED) is 0.125. The summed E-state index contributed by atoms with van der Waals surface area (Å²) in [4.78, 5) is 189. The highest BCUT2D eigenvalue weighted by atomic mass is 19.4. The van der Waals surface area contributed by atoms with E-state index in [1.807, 2.05) is 55.4 Å². The molecule has 0 radical (unpaired) electrons. The molecule has 1 aromatic carbocycles. The number of nitrogens with one attached hydrogen (secondary N) is 6. The van der Waals surface area contributed by atoms with Crippen molar-refractivity contribution in [2.75, 3.05) is 61.2 Å². The van der Waals surface area contributed by atoms with E-state index in [4.69, 9.17) is 0 Å². The molecule has 1 aliphatic heterocycles. The highest BCUT2D eigenvalue weighted by molar-refractivity contribution is 6.00. The lowest BCUT2D eigenvalue weighted by atomic mass is 9.91. The van der Waals surface area contributed by atoms with E-state index < -0.39 is 168 Å². The standard InChI is InChI=1S/C68H111F3N14O13/c1-24-44-62(93)79(17)33-52(86)80(18)47(27-34(2)3)59(90)78-53(38(10)11)65(96)81(19)48(28-35(4)5)58(89)72-41(15)57(88)73-42(16)61(92)82(20)49(29-36(6)7)63(94)83(21)50(30-37(8)9)64(95)84(22)54(39(12)13)66(97)85(23)55(60(91)77-44)56(87)40(14)31-51-75-45-26-25-43(32-46(45)76-51)74-67(98)68(69,70)71/h25-26,32,34-42,44,47-50,53-56,87H,24,27-31,33H2,1-23H3,(H,72,89)(H,73,88)(H,74,98)(H,75,76)(H,77,91)(H,78,90)/t40-,41+,42-,44+,47+,48+,49+,50+,53+,54+,55+,56-/m1/s1. The average Bonchev–Trinajstić information content (AvgIpc) is 1.00. The zero-order valence-corrected chi connectivity index (χ0v) is 61.6. The van der Waals surface area contributed by atoms with E-state index in [0.29, 0.717) is 0 Å². The van der Waals surface area contributed by atoms with Crippen molar-refractivity contribution < 1.29 is 75.8 Å². The zero-order chi connectivity index (χ0) is 75.2. The van der Waals surface area contributed by atoms with Gasteiger partial charge in [0.15, 0.2) is 0 Å². The molecule has 3 rings (SSSR count). The number of aromatic nitrogens is 2. The van der Waals surface area contributed by atoms with E-state index >= 15 is 19.2 Å². The predicted molar refractivity (Wildman–Crippen MR) is 363 cm³/mol. The van der Waals surface area contributed by atoms with Crippen LogP contribution in [0.25, 0.3) is 11.0 Å². The van der Waals surface area contributed by atoms with E-state index in [1.54, 1.807) is 39.9 Å². The normalized spacial score (nSPS) is 25.0. The lowest BCUT2D eigenvalue weighted by Crippen LogP contribution is -2.63. The number of H-pyrrole nitrogens is 1. The first-order valence-corrected chi connectivity index (χ1v) is 33.8. The van der Waals surface area contributed by atoms with Crippen LogP contribution in [-0.2, 0) is 64.0 Å². The number of aromatic amines is 1. The van der Waals surface area contributed by atoms with Gasteiger partial charge in [0, 0.05) is 61.4 Å². The third kappa shape index (κ3) is 22.3. The second kappa shape index (κ2) is 36.2. The van der Waals surface area contributed by atoms with Crippen LogP contribution in [0.3, 0.4) is 0 Å². The molecule has 1 aromatic heterocycles. The number of amides is 12. The van der Waals surface area contributed by atoms with E-state index in [2.05, 4.69) is 31.2 Å². The summed E-state index contributed by atoms with van der Waals surface area (Å²) in [5.41, 5.74) is 0.266. The van der Waals surface area contributed by atoms with Crippen molar-refractivity contribution in [2.45, 2.75) is 222 Å². The molecule has 27 nitrogen and oxygen atoms in total. The van der Waals surface area contributed by atoms with Crippen molar-refractivity contribution in [1.82, 2.24) is 65.5 Å². The monoisotopic (exact) mass is 1390 g/mol. The van der Waals surface area contributed by atoms with Crippen LogP contribution in [0.1, 0.15) is 149 Å². The minimum Gasteiger partial charge on any atom is -0.390 e. The predicted octanol–water partition coefficient (Wildman–Crippen LogP) is 3.92. The largest absolute Gasteiger partial charge is 0.471 e. The fourth-order valence-electron chi connectivity index (χ4n) is 12.1. The molecule has 0 aliphatic carbocycles. The Morgan fingerprint density at radius 3 is 1.50 bits per heavy atom. The van der Waals surface area contributed by atoms with Gasteiger partial charge in [-0.15, -0.1) is 0 Å². The highest BCUT2D eigenvalue weighted by Crippen LogP contribution is 2.28. The molecule has 1 saturated heterocycles. The number of anilines is 1. The average molecular weight is 1390 g/mol. The molecule has 1 fully saturated rings. The highest BCUT2D eigenvalue weighted by Gasteiger charge is 2.46. The molecular formula is C68H111F3N14O13. The van der Waals surface area contributed by atoms with Gasteiger partial charge >= 0.3 is 12.1 Å². The number of imidazole rings is 1. The molecule has 30 heteroatoms. The van der Waals surface area contributed by atoms with Gasteiger partial charge in [0.25, 0.3) is 0 Å².